The zero-order chi connectivity index (χ0) is 18.5. The van der Waals surface area contributed by atoms with E-state index in [-0.39, 0.29) is 24.7 Å². The molecule has 0 radical (unpaired) electrons. The van der Waals surface area contributed by atoms with Crippen molar-refractivity contribution in [3.63, 3.8) is 0 Å². The summed E-state index contributed by atoms with van der Waals surface area (Å²) in [5, 5.41) is 11.9. The van der Waals surface area contributed by atoms with E-state index in [0.717, 1.165) is 5.56 Å². The number of oxazole rings is 1. The van der Waals surface area contributed by atoms with Crippen LogP contribution in [0.4, 0.5) is 0 Å². The Bertz CT molecular complexity index is 999. The van der Waals surface area contributed by atoms with Crippen molar-refractivity contribution >= 4 is 23.1 Å². The molecule has 2 aromatic carbocycles. The fraction of sp³-hybridized carbons (Fsp3) is 0.158. The van der Waals surface area contributed by atoms with Gasteiger partial charge in [-0.1, -0.05) is 12.1 Å². The molecule has 0 saturated heterocycles. The number of carbonyl (C=O) groups excluding carboxylic acids is 1. The van der Waals surface area contributed by atoms with Gasteiger partial charge in [-0.15, -0.1) is 0 Å². The van der Waals surface area contributed by atoms with E-state index >= 15 is 0 Å². The van der Waals surface area contributed by atoms with Gasteiger partial charge in [0.25, 0.3) is 0 Å². The summed E-state index contributed by atoms with van der Waals surface area (Å²) in [5.74, 6) is 0.0100. The van der Waals surface area contributed by atoms with E-state index in [1.165, 1.54) is 17.8 Å². The van der Waals surface area contributed by atoms with E-state index in [9.17, 15) is 14.7 Å². The molecule has 0 unspecified atom stereocenters. The highest BCUT2D eigenvalue weighted by molar-refractivity contribution is 5.91. The second kappa shape index (κ2) is 7.60. The summed E-state index contributed by atoms with van der Waals surface area (Å²) in [6, 6.07) is 11.6. The van der Waals surface area contributed by atoms with E-state index in [1.807, 2.05) is 0 Å². The van der Waals surface area contributed by atoms with Gasteiger partial charge >= 0.3 is 5.76 Å². The molecule has 0 aliphatic carbocycles. The summed E-state index contributed by atoms with van der Waals surface area (Å²) in [5.41, 5.74) is 1.88. The third-order valence-electron chi connectivity index (χ3n) is 3.83. The van der Waals surface area contributed by atoms with E-state index in [1.54, 1.807) is 48.5 Å². The molecular formula is C19H18N2O5. The molecule has 0 spiro atoms. The first-order chi connectivity index (χ1) is 12.6. The van der Waals surface area contributed by atoms with Gasteiger partial charge in [0.15, 0.2) is 5.58 Å². The molecule has 26 heavy (non-hydrogen) atoms. The number of hydrogen-bond acceptors (Lipinski definition) is 5. The van der Waals surface area contributed by atoms with Gasteiger partial charge < -0.3 is 19.6 Å². The van der Waals surface area contributed by atoms with E-state index < -0.39 is 5.76 Å². The number of amides is 1. The predicted octanol–water partition coefficient (Wildman–Crippen LogP) is 2.14. The minimum Gasteiger partial charge on any atom is -0.508 e. The average molecular weight is 354 g/mol. The lowest BCUT2D eigenvalue weighted by molar-refractivity contribution is -0.116. The Balaban J connectivity index is 1.60. The number of aromatic nitrogens is 1. The van der Waals surface area contributed by atoms with Gasteiger partial charge in [0, 0.05) is 25.2 Å². The standard InChI is InChI=1S/C19H18N2O5/c1-25-15-7-8-16-17(12-15)26-19(24)21(16)11-10-20-18(23)9-4-13-2-5-14(22)6-3-13/h2-9,12,22H,10-11H2,1H3,(H,20,23)/b9-4+. The van der Waals surface area contributed by atoms with Crippen LogP contribution in [0.15, 0.2) is 57.8 Å². The van der Waals surface area contributed by atoms with Gasteiger partial charge in [-0.3, -0.25) is 9.36 Å². The van der Waals surface area contributed by atoms with Crippen molar-refractivity contribution in [2.75, 3.05) is 13.7 Å². The van der Waals surface area contributed by atoms with Crippen LogP contribution >= 0.6 is 0 Å². The molecule has 3 aromatic rings. The number of carbonyl (C=O) groups is 1. The largest absolute Gasteiger partial charge is 0.508 e. The van der Waals surface area contributed by atoms with Gasteiger partial charge in [-0.05, 0) is 35.9 Å². The third-order valence-corrected chi connectivity index (χ3v) is 3.83. The molecule has 0 fully saturated rings. The number of rotatable bonds is 6. The quantitative estimate of drug-likeness (QED) is 0.662. The summed E-state index contributed by atoms with van der Waals surface area (Å²) in [6.45, 7) is 0.566. The van der Waals surface area contributed by atoms with E-state index in [4.69, 9.17) is 9.15 Å². The van der Waals surface area contributed by atoms with Crippen LogP contribution in [0, 0.1) is 0 Å². The van der Waals surface area contributed by atoms with Crippen LogP contribution in [0.5, 0.6) is 11.5 Å². The van der Waals surface area contributed by atoms with Gasteiger partial charge in [0.05, 0.1) is 12.6 Å². The Morgan fingerprint density at radius 1 is 1.27 bits per heavy atom. The van der Waals surface area contributed by atoms with Crippen LogP contribution in [-0.4, -0.2) is 29.2 Å². The topological polar surface area (TPSA) is 93.7 Å². The van der Waals surface area contributed by atoms with Gasteiger partial charge in [0.1, 0.15) is 11.5 Å². The highest BCUT2D eigenvalue weighted by Gasteiger charge is 2.10. The summed E-state index contributed by atoms with van der Waals surface area (Å²) in [6.07, 6.45) is 3.04. The molecule has 0 aliphatic heterocycles. The highest BCUT2D eigenvalue weighted by atomic mass is 16.5. The lowest BCUT2D eigenvalue weighted by atomic mass is 10.2. The number of phenols is 1. The highest BCUT2D eigenvalue weighted by Crippen LogP contribution is 2.19. The lowest BCUT2D eigenvalue weighted by Gasteiger charge is -2.04. The smallest absolute Gasteiger partial charge is 0.420 e. The van der Waals surface area contributed by atoms with Gasteiger partial charge in [-0.25, -0.2) is 4.79 Å². The lowest BCUT2D eigenvalue weighted by Crippen LogP contribution is -2.28. The normalized spacial score (nSPS) is 11.1. The summed E-state index contributed by atoms with van der Waals surface area (Å²) in [4.78, 5) is 23.8. The summed E-state index contributed by atoms with van der Waals surface area (Å²) >= 11 is 0. The van der Waals surface area contributed by atoms with Crippen molar-refractivity contribution in [2.45, 2.75) is 6.54 Å². The Hall–Kier alpha value is -3.48. The first-order valence-electron chi connectivity index (χ1n) is 7.99. The number of fused-ring (bicyclic) bond motifs is 1. The Labute approximate surface area is 149 Å². The monoisotopic (exact) mass is 354 g/mol. The van der Waals surface area contributed by atoms with Crippen molar-refractivity contribution in [1.82, 2.24) is 9.88 Å². The molecule has 2 N–H and O–H groups in total. The first kappa shape index (κ1) is 17.3. The molecule has 1 heterocycles. The predicted molar refractivity (Wildman–Crippen MR) is 97.2 cm³/mol. The molecule has 0 bridgehead atoms. The molecule has 0 saturated carbocycles. The minimum atomic E-state index is -0.484. The number of phenolic OH excluding ortho intramolecular Hbond substituents is 1. The molecular weight excluding hydrogens is 336 g/mol. The number of hydrogen-bond donors (Lipinski definition) is 2. The second-order valence-corrected chi connectivity index (χ2v) is 5.57. The van der Waals surface area contributed by atoms with Crippen LogP contribution in [0.3, 0.4) is 0 Å². The molecule has 134 valence electrons. The maximum atomic E-state index is 12.0. The van der Waals surface area contributed by atoms with Crippen LogP contribution < -0.4 is 15.8 Å². The Kier molecular flexibility index (Phi) is 5.07. The van der Waals surface area contributed by atoms with Crippen LogP contribution in [0.1, 0.15) is 5.56 Å². The molecule has 7 heteroatoms. The van der Waals surface area contributed by atoms with Gasteiger partial charge in [-0.2, -0.15) is 0 Å². The molecule has 1 amide bonds. The third kappa shape index (κ3) is 3.94. The maximum absolute atomic E-state index is 12.0. The van der Waals surface area contributed by atoms with Crippen LogP contribution in [0.2, 0.25) is 0 Å². The number of nitrogens with zero attached hydrogens (tertiary/aromatic N) is 1. The Morgan fingerprint density at radius 3 is 2.77 bits per heavy atom. The van der Waals surface area contributed by atoms with Crippen molar-refractivity contribution in [2.24, 2.45) is 0 Å². The Morgan fingerprint density at radius 2 is 2.04 bits per heavy atom. The molecule has 1 aromatic heterocycles. The van der Waals surface area contributed by atoms with Crippen molar-refractivity contribution in [3.8, 4) is 11.5 Å². The fourth-order valence-corrected chi connectivity index (χ4v) is 2.49. The zero-order valence-corrected chi connectivity index (χ0v) is 14.1. The van der Waals surface area contributed by atoms with Crippen molar-refractivity contribution < 1.29 is 19.1 Å². The van der Waals surface area contributed by atoms with Crippen molar-refractivity contribution in [1.29, 1.82) is 0 Å². The maximum Gasteiger partial charge on any atom is 0.420 e. The number of benzene rings is 2. The van der Waals surface area contributed by atoms with Crippen molar-refractivity contribution in [3.05, 3.63) is 64.7 Å². The molecule has 7 nitrogen and oxygen atoms in total. The first-order valence-corrected chi connectivity index (χ1v) is 7.99. The number of aromatic hydroxyl groups is 1. The minimum absolute atomic E-state index is 0.169. The number of ether oxygens (including phenoxy) is 1. The number of methoxy groups -OCH3 is 1. The number of nitrogens with one attached hydrogen (secondary N) is 1. The average Bonchev–Trinajstić information content (AvgIpc) is 2.95. The van der Waals surface area contributed by atoms with Gasteiger partial charge in [0.2, 0.25) is 5.91 Å². The molecule has 0 atom stereocenters. The van der Waals surface area contributed by atoms with E-state index in [0.29, 0.717) is 16.8 Å². The zero-order valence-electron chi connectivity index (χ0n) is 14.1. The fourth-order valence-electron chi connectivity index (χ4n) is 2.49. The molecule has 3 rings (SSSR count). The molecule has 0 aliphatic rings. The summed E-state index contributed by atoms with van der Waals surface area (Å²) in [7, 11) is 1.54. The summed E-state index contributed by atoms with van der Waals surface area (Å²) < 4.78 is 11.8. The second-order valence-electron chi connectivity index (χ2n) is 5.57. The SMILES string of the molecule is COc1ccc2c(c1)oc(=O)n2CCNC(=O)/C=C/c1ccc(O)cc1. The van der Waals surface area contributed by atoms with Crippen LogP contribution in [-0.2, 0) is 11.3 Å². The van der Waals surface area contributed by atoms with Crippen LogP contribution in [0.25, 0.3) is 17.2 Å². The van der Waals surface area contributed by atoms with E-state index in [2.05, 4.69) is 5.32 Å².